The van der Waals surface area contributed by atoms with E-state index in [9.17, 15) is 93.8 Å². The van der Waals surface area contributed by atoms with Crippen LogP contribution < -0.4 is 31.2 Å². The first-order valence-electron chi connectivity index (χ1n) is 25.0. The van der Waals surface area contributed by atoms with Crippen LogP contribution >= 0.6 is 0 Å². The molecule has 0 radical (unpaired) electrons. The quantitative estimate of drug-likeness (QED) is 0.0484. The van der Waals surface area contributed by atoms with Crippen LogP contribution in [0.1, 0.15) is 99.8 Å². The number of carboxylic acids is 1. The summed E-state index contributed by atoms with van der Waals surface area (Å²) in [5, 5.41) is 33.0. The van der Waals surface area contributed by atoms with E-state index < -0.39 is 88.3 Å². The molecule has 0 aliphatic heterocycles. The molecule has 0 aromatic heterocycles. The number of nitrogen functional groups attached to an aromatic ring is 1. The van der Waals surface area contributed by atoms with Crippen LogP contribution in [-0.2, 0) is 24.2 Å². The normalized spacial score (nSPS) is 13.2. The van der Waals surface area contributed by atoms with Crippen molar-refractivity contribution in [1.29, 1.82) is 10.5 Å². The van der Waals surface area contributed by atoms with Crippen molar-refractivity contribution < 1.29 is 113 Å². The van der Waals surface area contributed by atoms with Gasteiger partial charge in [-0.1, -0.05) is 38.1 Å². The highest BCUT2D eigenvalue weighted by Gasteiger charge is 2.83. The summed E-state index contributed by atoms with van der Waals surface area (Å²) in [6.07, 6.45) is -27.6. The molecule has 0 saturated carbocycles. The topological polar surface area (TPSA) is 217 Å². The number of methoxy groups -OCH3 is 2. The third kappa shape index (κ3) is 14.7. The molecule has 0 aliphatic rings. The van der Waals surface area contributed by atoms with Gasteiger partial charge in [0, 0.05) is 28.1 Å². The van der Waals surface area contributed by atoms with Crippen molar-refractivity contribution in [2.45, 2.75) is 88.4 Å². The second-order valence-corrected chi connectivity index (χ2v) is 18.7. The van der Waals surface area contributed by atoms with Gasteiger partial charge in [0.2, 0.25) is 0 Å². The SMILES string of the molecule is CCc1cc(C(F)(C(F)(F)F)C(F)(F)C(F)(F)F)cc(C)c1NC(=O)c1cccc(N)c1OC.CCc1cc(C(F)(C(F)(F)F)C(F)(F)C(F)(F)F)cc(C)c1NC(=O)c1cccc(NC(=O)c2ccc(C#N)cc2)c1OC.N#Cc1ccc(C(=O)O)cc1. The minimum Gasteiger partial charge on any atom is -0.494 e. The number of hydrogen-bond acceptors (Lipinski definition) is 9. The maximum absolute atomic E-state index is 15.1. The summed E-state index contributed by atoms with van der Waals surface area (Å²) < 4.78 is 254. The van der Waals surface area contributed by atoms with Gasteiger partial charge < -0.3 is 36.3 Å². The summed E-state index contributed by atoms with van der Waals surface area (Å²) >= 11 is 0. The Bertz CT molecular complexity index is 3690. The van der Waals surface area contributed by atoms with Gasteiger partial charge in [-0.2, -0.15) is 80.8 Å². The standard InChI is InChI=1S/C29H22F9N3O3.C21H19F9N2O2.C8H5NO2/c1-4-17-13-19(26(30,28(33,34)35)27(31,32)29(36,37)38)12-15(2)22(17)41-25(43)20-6-5-7-21(23(20)44-3)40-24(42)18-10-8-16(14-39)9-11-18;1-4-11-9-12(18(22,20(25,26)27)19(23,24)21(28,29)30)8-10(2)15(11)32-17(33)13-6-5-7-14(31)16(13)34-3;9-5-6-1-3-7(4-2-6)8(10)11/h5-13H,4H2,1-3H3,(H,40,42)(H,41,43);5-9H,4,31H2,1-3H3,(H,32,33);1-4H,(H,10,11). The predicted octanol–water partition coefficient (Wildman–Crippen LogP) is 15.4. The Balaban J connectivity index is 0.000000331. The fraction of sp³-hybridized carbons (Fsp3) is 0.276. The average molecular weight is 1280 g/mol. The average Bonchev–Trinajstić information content (AvgIpc) is 0.734. The number of nitriles is 2. The van der Waals surface area contributed by atoms with Gasteiger partial charge in [-0.15, -0.1) is 0 Å². The number of benzene rings is 6. The summed E-state index contributed by atoms with van der Waals surface area (Å²) in [6.45, 7) is 4.64. The number of anilines is 4. The molecule has 0 spiro atoms. The zero-order chi connectivity index (χ0) is 67.8. The summed E-state index contributed by atoms with van der Waals surface area (Å²) in [7, 11) is 2.39. The van der Waals surface area contributed by atoms with Crippen molar-refractivity contribution in [2.24, 2.45) is 0 Å². The molecule has 476 valence electrons. The van der Waals surface area contributed by atoms with E-state index in [2.05, 4.69) is 16.0 Å². The lowest BCUT2D eigenvalue weighted by Crippen LogP contribution is -2.59. The van der Waals surface area contributed by atoms with Gasteiger partial charge in [0.1, 0.15) is 0 Å². The highest BCUT2D eigenvalue weighted by Crippen LogP contribution is 2.60. The van der Waals surface area contributed by atoms with Crippen LogP contribution in [0.2, 0.25) is 0 Å². The van der Waals surface area contributed by atoms with Gasteiger partial charge >= 0.3 is 53.9 Å². The van der Waals surface area contributed by atoms with Gasteiger partial charge in [-0.25, -0.2) is 13.6 Å². The molecule has 89 heavy (non-hydrogen) atoms. The first kappa shape index (κ1) is 71.8. The lowest BCUT2D eigenvalue weighted by atomic mass is 9.85. The molecule has 2 unspecified atom stereocenters. The van der Waals surface area contributed by atoms with Gasteiger partial charge in [0.25, 0.3) is 17.7 Å². The number of rotatable bonds is 15. The predicted molar refractivity (Wildman–Crippen MR) is 284 cm³/mol. The smallest absolute Gasteiger partial charge is 0.457 e. The van der Waals surface area contributed by atoms with E-state index in [1.165, 1.54) is 113 Å². The number of nitrogens with two attached hydrogens (primary N) is 1. The van der Waals surface area contributed by atoms with E-state index in [1.54, 1.807) is 0 Å². The van der Waals surface area contributed by atoms with Crippen molar-refractivity contribution in [3.63, 3.8) is 0 Å². The zero-order valence-electron chi connectivity index (χ0n) is 46.5. The first-order valence-corrected chi connectivity index (χ1v) is 25.0. The Morgan fingerprint density at radius 1 is 0.494 bits per heavy atom. The molecule has 3 amide bonds. The minimum absolute atomic E-state index is 0.0130. The number of aryl methyl sites for hydroxylation is 4. The number of carbonyl (C=O) groups is 4. The molecule has 6 aromatic rings. The Morgan fingerprint density at radius 2 is 0.854 bits per heavy atom. The number of alkyl halides is 18. The van der Waals surface area contributed by atoms with Gasteiger partial charge in [-0.3, -0.25) is 14.4 Å². The Labute approximate surface area is 492 Å². The molecule has 6 N–H and O–H groups in total. The van der Waals surface area contributed by atoms with Crippen molar-refractivity contribution in [2.75, 3.05) is 35.9 Å². The maximum atomic E-state index is 15.1. The van der Waals surface area contributed by atoms with E-state index in [4.69, 9.17) is 30.8 Å². The summed E-state index contributed by atoms with van der Waals surface area (Å²) in [4.78, 5) is 49.0. The van der Waals surface area contributed by atoms with Crippen LogP contribution in [-0.4, -0.2) is 79.6 Å². The van der Waals surface area contributed by atoms with E-state index in [-0.39, 0.29) is 110 Å². The van der Waals surface area contributed by atoms with Crippen molar-refractivity contribution in [1.82, 2.24) is 0 Å². The van der Waals surface area contributed by atoms with Gasteiger partial charge in [0.15, 0.2) is 11.5 Å². The largest absolute Gasteiger partial charge is 0.494 e. The van der Waals surface area contributed by atoms with Gasteiger partial charge in [-0.05, 0) is 134 Å². The Hall–Kier alpha value is -9.68. The molecular formula is C58H46F18N6O7. The molecule has 31 heteroatoms. The van der Waals surface area contributed by atoms with Crippen LogP contribution in [0, 0.1) is 36.5 Å². The number of carboxylic acid groups (broad SMARTS) is 1. The molecule has 0 heterocycles. The van der Waals surface area contributed by atoms with E-state index in [1.807, 2.05) is 12.1 Å². The number of carbonyl (C=O) groups excluding carboxylic acids is 3. The third-order valence-electron chi connectivity index (χ3n) is 13.0. The minimum atomic E-state index is -6.89. The zero-order valence-corrected chi connectivity index (χ0v) is 46.5. The number of para-hydroxylation sites is 2. The van der Waals surface area contributed by atoms with Crippen molar-refractivity contribution >= 4 is 46.4 Å². The second kappa shape index (κ2) is 27.2. The molecular weight excluding hydrogens is 1230 g/mol. The third-order valence-corrected chi connectivity index (χ3v) is 13.0. The van der Waals surface area contributed by atoms with E-state index >= 15 is 4.39 Å². The fourth-order valence-corrected chi connectivity index (χ4v) is 8.41. The lowest BCUT2D eigenvalue weighted by Gasteiger charge is -2.36. The summed E-state index contributed by atoms with van der Waals surface area (Å²) in [5.74, 6) is -17.3. The van der Waals surface area contributed by atoms with Gasteiger partial charge in [0.05, 0.1) is 65.6 Å². The Kier molecular flexibility index (Phi) is 21.9. The van der Waals surface area contributed by atoms with Crippen LogP contribution in [0.5, 0.6) is 11.5 Å². The maximum Gasteiger partial charge on any atom is 0.457 e. The van der Waals surface area contributed by atoms with E-state index in [0.717, 1.165) is 13.8 Å². The number of ether oxygens (including phenoxy) is 2. The first-order chi connectivity index (χ1) is 41.0. The molecule has 6 rings (SSSR count). The molecule has 0 bridgehead atoms. The number of nitrogens with zero attached hydrogens (tertiary/aromatic N) is 2. The fourth-order valence-electron chi connectivity index (χ4n) is 8.41. The summed E-state index contributed by atoms with van der Waals surface area (Å²) in [6, 6.07) is 24.0. The van der Waals surface area contributed by atoms with Crippen LogP contribution in [0.15, 0.2) is 109 Å². The Morgan fingerprint density at radius 3 is 1.18 bits per heavy atom. The second-order valence-electron chi connectivity index (χ2n) is 18.7. The highest BCUT2D eigenvalue weighted by atomic mass is 19.4. The van der Waals surface area contributed by atoms with Crippen LogP contribution in [0.25, 0.3) is 0 Å². The number of amides is 3. The number of aromatic carboxylic acids is 1. The van der Waals surface area contributed by atoms with Crippen molar-refractivity contribution in [3.05, 3.63) is 176 Å². The highest BCUT2D eigenvalue weighted by molar-refractivity contribution is 6.11. The van der Waals surface area contributed by atoms with Crippen LogP contribution in [0.3, 0.4) is 0 Å². The monoisotopic (exact) mass is 1280 g/mol. The van der Waals surface area contributed by atoms with Crippen LogP contribution in [0.4, 0.5) is 102 Å². The van der Waals surface area contributed by atoms with E-state index in [0.29, 0.717) is 11.1 Å². The lowest BCUT2D eigenvalue weighted by molar-refractivity contribution is -0.389. The molecule has 0 saturated heterocycles. The molecule has 0 fully saturated rings. The molecule has 6 aromatic carbocycles. The van der Waals surface area contributed by atoms with Crippen molar-refractivity contribution in [3.8, 4) is 23.6 Å². The number of hydrogen-bond donors (Lipinski definition) is 5. The number of nitrogens with one attached hydrogen (secondary N) is 3. The molecule has 13 nitrogen and oxygen atoms in total. The molecule has 0 aliphatic carbocycles. The molecule has 2 atom stereocenters. The number of halogens is 18. The summed E-state index contributed by atoms with van der Waals surface area (Å²) in [5.41, 5.74) is -11.5.